The Bertz CT molecular complexity index is 656. The summed E-state index contributed by atoms with van der Waals surface area (Å²) < 4.78 is 0. The molecule has 0 aliphatic rings. The van der Waals surface area contributed by atoms with Crippen molar-refractivity contribution >= 4 is 33.1 Å². The number of rotatable bonds is 2. The lowest BCUT2D eigenvalue weighted by molar-refractivity contribution is 1.19. The third-order valence-electron chi connectivity index (χ3n) is 3.66. The van der Waals surface area contributed by atoms with Crippen molar-refractivity contribution in [1.82, 2.24) is 0 Å². The second-order valence-corrected chi connectivity index (χ2v) is 5.01. The molecule has 0 fully saturated rings. The highest BCUT2D eigenvalue weighted by atomic mass is 35.5. The van der Waals surface area contributed by atoms with Crippen LogP contribution in [0, 0.1) is 6.92 Å². The number of hydrogen-bond acceptors (Lipinski definition) is 0. The lowest BCUT2D eigenvalue weighted by atomic mass is 9.91. The largest absolute Gasteiger partial charge is 0.126 e. The van der Waals surface area contributed by atoms with E-state index in [0.29, 0.717) is 5.88 Å². The highest BCUT2D eigenvalue weighted by Crippen LogP contribution is 2.32. The van der Waals surface area contributed by atoms with E-state index in [1.54, 1.807) is 0 Å². The van der Waals surface area contributed by atoms with Gasteiger partial charge in [0.15, 0.2) is 0 Å². The van der Waals surface area contributed by atoms with Crippen molar-refractivity contribution in [3.05, 3.63) is 59.7 Å². The van der Waals surface area contributed by atoms with Crippen LogP contribution in [0.4, 0.5) is 0 Å². The van der Waals surface area contributed by atoms with Crippen LogP contribution in [0.25, 0.3) is 21.5 Å². The van der Waals surface area contributed by atoms with Gasteiger partial charge in [-0.15, -0.1) is 11.6 Å². The van der Waals surface area contributed by atoms with Gasteiger partial charge in [-0.05, 0) is 46.0 Å². The first-order valence-electron chi connectivity index (χ1n) is 6.28. The van der Waals surface area contributed by atoms with Crippen LogP contribution in [0.3, 0.4) is 0 Å². The van der Waals surface area contributed by atoms with Gasteiger partial charge in [0.25, 0.3) is 0 Å². The van der Waals surface area contributed by atoms with E-state index in [1.165, 1.54) is 32.7 Å². The topological polar surface area (TPSA) is 0 Å². The molecular weight excluding hydrogens is 240 g/mol. The molecule has 3 aromatic rings. The molecule has 0 bridgehead atoms. The van der Waals surface area contributed by atoms with E-state index in [9.17, 15) is 0 Å². The predicted molar refractivity (Wildman–Crippen MR) is 80.6 cm³/mol. The minimum absolute atomic E-state index is 0.664. The molecule has 0 aliphatic heterocycles. The van der Waals surface area contributed by atoms with Gasteiger partial charge < -0.3 is 0 Å². The Kier molecular flexibility index (Phi) is 2.97. The number of alkyl halides is 1. The minimum Gasteiger partial charge on any atom is -0.126 e. The summed E-state index contributed by atoms with van der Waals surface area (Å²) in [5, 5.41) is 5.37. The summed E-state index contributed by atoms with van der Waals surface area (Å²) in [6, 6.07) is 17.2. The van der Waals surface area contributed by atoms with Crippen LogP contribution in [0.5, 0.6) is 0 Å². The third-order valence-corrected chi connectivity index (χ3v) is 3.85. The number of hydrogen-bond donors (Lipinski definition) is 0. The van der Waals surface area contributed by atoms with Gasteiger partial charge in [0, 0.05) is 5.88 Å². The van der Waals surface area contributed by atoms with E-state index in [-0.39, 0.29) is 0 Å². The van der Waals surface area contributed by atoms with Crippen molar-refractivity contribution in [2.75, 3.05) is 5.88 Å². The smallest absolute Gasteiger partial charge is 0.0264 e. The maximum Gasteiger partial charge on any atom is 0.0264 e. The first kappa shape index (κ1) is 11.6. The maximum atomic E-state index is 5.98. The summed E-state index contributed by atoms with van der Waals surface area (Å²) in [4.78, 5) is 0. The molecule has 3 rings (SSSR count). The molecule has 3 aromatic carbocycles. The number of halogens is 1. The molecule has 1 heteroatoms. The van der Waals surface area contributed by atoms with Crippen molar-refractivity contribution in [3.8, 4) is 0 Å². The fourth-order valence-electron chi connectivity index (χ4n) is 2.80. The van der Waals surface area contributed by atoms with E-state index in [0.717, 1.165) is 6.42 Å². The third kappa shape index (κ3) is 1.69. The Morgan fingerprint density at radius 3 is 1.67 bits per heavy atom. The number of benzene rings is 3. The van der Waals surface area contributed by atoms with Crippen molar-refractivity contribution in [2.24, 2.45) is 0 Å². The molecular formula is C17H15Cl. The zero-order chi connectivity index (χ0) is 12.5. The highest BCUT2D eigenvalue weighted by molar-refractivity contribution is 6.18. The van der Waals surface area contributed by atoms with E-state index in [2.05, 4.69) is 55.5 Å². The molecule has 0 aliphatic carbocycles. The van der Waals surface area contributed by atoms with Gasteiger partial charge in [0.2, 0.25) is 0 Å². The standard InChI is InChI=1S/C17H15Cl/c1-12-13-6-2-4-8-15(13)17(10-11-18)16-9-5-3-7-14(12)16/h2-9H,10-11H2,1H3. The zero-order valence-corrected chi connectivity index (χ0v) is 11.2. The van der Waals surface area contributed by atoms with Crippen LogP contribution in [0.1, 0.15) is 11.1 Å². The Morgan fingerprint density at radius 1 is 0.778 bits per heavy atom. The highest BCUT2D eigenvalue weighted by Gasteiger charge is 2.09. The molecule has 0 atom stereocenters. The Labute approximate surface area is 112 Å². The van der Waals surface area contributed by atoms with Gasteiger partial charge in [-0.25, -0.2) is 0 Å². The lowest BCUT2D eigenvalue weighted by Crippen LogP contribution is -1.93. The van der Waals surface area contributed by atoms with Gasteiger partial charge in [0.1, 0.15) is 0 Å². The molecule has 0 heterocycles. The molecule has 90 valence electrons. The first-order chi connectivity index (χ1) is 8.83. The second kappa shape index (κ2) is 4.62. The Hall–Kier alpha value is -1.53. The summed E-state index contributed by atoms with van der Waals surface area (Å²) in [6.07, 6.45) is 0.920. The van der Waals surface area contributed by atoms with Crippen LogP contribution in [0.2, 0.25) is 0 Å². The Balaban J connectivity index is 2.54. The van der Waals surface area contributed by atoms with Crippen LogP contribution in [0.15, 0.2) is 48.5 Å². The molecule has 0 saturated carbocycles. The Morgan fingerprint density at radius 2 is 1.22 bits per heavy atom. The fraction of sp³-hybridized carbons (Fsp3) is 0.176. The molecule has 0 amide bonds. The van der Waals surface area contributed by atoms with Crippen molar-refractivity contribution in [2.45, 2.75) is 13.3 Å². The summed E-state index contributed by atoms with van der Waals surface area (Å²) >= 11 is 5.98. The molecule has 0 radical (unpaired) electrons. The van der Waals surface area contributed by atoms with Crippen molar-refractivity contribution < 1.29 is 0 Å². The molecule has 0 spiro atoms. The van der Waals surface area contributed by atoms with Crippen LogP contribution in [-0.4, -0.2) is 5.88 Å². The molecule has 0 N–H and O–H groups in total. The zero-order valence-electron chi connectivity index (χ0n) is 10.4. The van der Waals surface area contributed by atoms with E-state index < -0.39 is 0 Å². The number of aryl methyl sites for hydroxylation is 2. The molecule has 0 aromatic heterocycles. The normalized spacial score (nSPS) is 11.2. The first-order valence-corrected chi connectivity index (χ1v) is 6.81. The lowest BCUT2D eigenvalue weighted by Gasteiger charge is -2.13. The van der Waals surface area contributed by atoms with Crippen molar-refractivity contribution in [3.63, 3.8) is 0 Å². The van der Waals surface area contributed by atoms with E-state index >= 15 is 0 Å². The van der Waals surface area contributed by atoms with Gasteiger partial charge in [0.05, 0.1) is 0 Å². The fourth-order valence-corrected chi connectivity index (χ4v) is 2.99. The maximum absolute atomic E-state index is 5.98. The van der Waals surface area contributed by atoms with Gasteiger partial charge >= 0.3 is 0 Å². The monoisotopic (exact) mass is 254 g/mol. The second-order valence-electron chi connectivity index (χ2n) is 4.63. The summed E-state index contributed by atoms with van der Waals surface area (Å²) in [6.45, 7) is 2.20. The summed E-state index contributed by atoms with van der Waals surface area (Å²) in [5.74, 6) is 0.664. The van der Waals surface area contributed by atoms with Crippen LogP contribution >= 0.6 is 11.6 Å². The summed E-state index contributed by atoms with van der Waals surface area (Å²) in [5.41, 5.74) is 2.74. The summed E-state index contributed by atoms with van der Waals surface area (Å²) in [7, 11) is 0. The quantitative estimate of drug-likeness (QED) is 0.442. The average Bonchev–Trinajstić information content (AvgIpc) is 2.43. The van der Waals surface area contributed by atoms with E-state index in [4.69, 9.17) is 11.6 Å². The molecule has 18 heavy (non-hydrogen) atoms. The number of fused-ring (bicyclic) bond motifs is 2. The van der Waals surface area contributed by atoms with Crippen LogP contribution < -0.4 is 0 Å². The molecule has 0 nitrogen and oxygen atoms in total. The molecule has 0 saturated heterocycles. The predicted octanol–water partition coefficient (Wildman–Crippen LogP) is 5.08. The van der Waals surface area contributed by atoms with Gasteiger partial charge in [-0.1, -0.05) is 48.5 Å². The molecule has 0 unspecified atom stereocenters. The SMILES string of the molecule is Cc1c2ccccc2c(CCCl)c2ccccc12. The minimum atomic E-state index is 0.664. The van der Waals surface area contributed by atoms with Crippen LogP contribution in [-0.2, 0) is 6.42 Å². The average molecular weight is 255 g/mol. The van der Waals surface area contributed by atoms with Gasteiger partial charge in [-0.2, -0.15) is 0 Å². The van der Waals surface area contributed by atoms with E-state index in [1.807, 2.05) is 0 Å². The van der Waals surface area contributed by atoms with Crippen molar-refractivity contribution in [1.29, 1.82) is 0 Å². The van der Waals surface area contributed by atoms with Gasteiger partial charge in [-0.3, -0.25) is 0 Å².